The molecule has 6 nitrogen and oxygen atoms in total. The molecular weight excluding hydrogens is 230 g/mol. The summed E-state index contributed by atoms with van der Waals surface area (Å²) in [5.74, 6) is 5.12. The number of rotatable bonds is 5. The molecule has 0 saturated carbocycles. The number of nitrogens with zero attached hydrogens (tertiary/aromatic N) is 2. The summed E-state index contributed by atoms with van der Waals surface area (Å²) in [7, 11) is 0. The van der Waals surface area contributed by atoms with Gasteiger partial charge >= 0.3 is 0 Å². The number of likely N-dealkylation sites (tertiary alicyclic amines) is 1. The summed E-state index contributed by atoms with van der Waals surface area (Å²) in [4.78, 5) is 18.2. The maximum Gasteiger partial charge on any atom is 0.269 e. The van der Waals surface area contributed by atoms with Crippen LogP contribution in [0.1, 0.15) is 23.3 Å². The van der Waals surface area contributed by atoms with Gasteiger partial charge in [0.15, 0.2) is 0 Å². The Hall–Kier alpha value is -1.66. The zero-order chi connectivity index (χ0) is 12.8. The largest absolute Gasteiger partial charge is 0.349 e. The predicted octanol–water partition coefficient (Wildman–Crippen LogP) is 0.193. The number of nitrogens with two attached hydrogens (primary N) is 1. The summed E-state index contributed by atoms with van der Waals surface area (Å²) < 4.78 is 0. The fraction of sp³-hybridized carbons (Fsp3) is 0.500. The number of nitrogen functional groups attached to an aromatic ring is 1. The lowest BCUT2D eigenvalue weighted by molar-refractivity contribution is 0.0945. The van der Waals surface area contributed by atoms with Gasteiger partial charge in [0.25, 0.3) is 5.91 Å². The van der Waals surface area contributed by atoms with Crippen LogP contribution in [-0.4, -0.2) is 42.0 Å². The van der Waals surface area contributed by atoms with Gasteiger partial charge in [-0.25, -0.2) is 0 Å². The number of nitrogens with one attached hydrogen (secondary N) is 2. The number of carbonyl (C=O) groups is 1. The topological polar surface area (TPSA) is 83.3 Å². The maximum absolute atomic E-state index is 11.8. The Morgan fingerprint density at radius 2 is 2.22 bits per heavy atom. The van der Waals surface area contributed by atoms with Gasteiger partial charge in [0, 0.05) is 19.3 Å². The van der Waals surface area contributed by atoms with E-state index in [2.05, 4.69) is 20.6 Å². The number of carbonyl (C=O) groups excluding carboxylic acids is 1. The number of aromatic nitrogens is 1. The van der Waals surface area contributed by atoms with Crippen molar-refractivity contribution in [3.63, 3.8) is 0 Å². The minimum absolute atomic E-state index is 0.161. The molecule has 0 aliphatic carbocycles. The summed E-state index contributed by atoms with van der Waals surface area (Å²) in [6.07, 6.45) is 4.09. The van der Waals surface area contributed by atoms with Crippen LogP contribution in [0.25, 0.3) is 0 Å². The molecule has 2 heterocycles. The predicted molar refractivity (Wildman–Crippen MR) is 70.1 cm³/mol. The van der Waals surface area contributed by atoms with E-state index in [0.717, 1.165) is 19.6 Å². The molecule has 98 valence electrons. The fourth-order valence-electron chi connectivity index (χ4n) is 2.07. The first-order chi connectivity index (χ1) is 8.79. The Balaban J connectivity index is 1.79. The molecule has 0 radical (unpaired) electrons. The Bertz CT molecular complexity index is 403. The van der Waals surface area contributed by atoms with Gasteiger partial charge in [-0.05, 0) is 38.1 Å². The highest BCUT2D eigenvalue weighted by atomic mass is 16.1. The molecule has 4 N–H and O–H groups in total. The van der Waals surface area contributed by atoms with Crippen molar-refractivity contribution in [2.45, 2.75) is 12.8 Å². The van der Waals surface area contributed by atoms with Crippen LogP contribution in [0.15, 0.2) is 18.3 Å². The van der Waals surface area contributed by atoms with Crippen molar-refractivity contribution in [2.75, 3.05) is 31.6 Å². The maximum atomic E-state index is 11.8. The zero-order valence-electron chi connectivity index (χ0n) is 10.4. The van der Waals surface area contributed by atoms with Gasteiger partial charge in [0.1, 0.15) is 5.69 Å². The number of hydrogen-bond acceptors (Lipinski definition) is 5. The van der Waals surface area contributed by atoms with Gasteiger partial charge in [0.2, 0.25) is 0 Å². The van der Waals surface area contributed by atoms with Gasteiger partial charge in [0.05, 0.1) is 5.69 Å². The van der Waals surface area contributed by atoms with E-state index in [9.17, 15) is 4.79 Å². The highest BCUT2D eigenvalue weighted by Crippen LogP contribution is 2.07. The van der Waals surface area contributed by atoms with E-state index in [1.807, 2.05) is 0 Å². The van der Waals surface area contributed by atoms with Gasteiger partial charge in [-0.2, -0.15) is 0 Å². The van der Waals surface area contributed by atoms with Crippen LogP contribution in [0.3, 0.4) is 0 Å². The minimum atomic E-state index is -0.161. The molecule has 6 heteroatoms. The first-order valence-corrected chi connectivity index (χ1v) is 6.23. The second kappa shape index (κ2) is 6.32. The van der Waals surface area contributed by atoms with Crippen LogP contribution in [0.2, 0.25) is 0 Å². The highest BCUT2D eigenvalue weighted by molar-refractivity contribution is 5.93. The van der Waals surface area contributed by atoms with Crippen LogP contribution < -0.4 is 16.6 Å². The third-order valence-corrected chi connectivity index (χ3v) is 3.07. The second-order valence-corrected chi connectivity index (χ2v) is 4.38. The Morgan fingerprint density at radius 3 is 2.94 bits per heavy atom. The first kappa shape index (κ1) is 12.8. The third kappa shape index (κ3) is 3.41. The number of pyridine rings is 1. The monoisotopic (exact) mass is 249 g/mol. The van der Waals surface area contributed by atoms with Crippen molar-refractivity contribution in [1.29, 1.82) is 0 Å². The summed E-state index contributed by atoms with van der Waals surface area (Å²) in [5.41, 5.74) is 3.55. The van der Waals surface area contributed by atoms with E-state index in [0.29, 0.717) is 17.9 Å². The molecule has 1 fully saturated rings. The first-order valence-electron chi connectivity index (χ1n) is 6.23. The molecule has 0 spiro atoms. The van der Waals surface area contributed by atoms with Crippen molar-refractivity contribution in [3.05, 3.63) is 24.0 Å². The molecule has 1 aromatic heterocycles. The highest BCUT2D eigenvalue weighted by Gasteiger charge is 2.12. The summed E-state index contributed by atoms with van der Waals surface area (Å²) in [5, 5.41) is 2.87. The van der Waals surface area contributed by atoms with E-state index in [1.54, 1.807) is 18.3 Å². The molecule has 1 amide bonds. The molecular formula is C12H19N5O. The summed E-state index contributed by atoms with van der Waals surface area (Å²) >= 11 is 0. The van der Waals surface area contributed by atoms with Crippen molar-refractivity contribution in [3.8, 4) is 0 Å². The van der Waals surface area contributed by atoms with Gasteiger partial charge in [-0.15, -0.1) is 0 Å². The van der Waals surface area contributed by atoms with Crippen LogP contribution in [-0.2, 0) is 0 Å². The normalized spacial score (nSPS) is 15.6. The smallest absolute Gasteiger partial charge is 0.269 e. The number of hydrazine groups is 1. The summed E-state index contributed by atoms with van der Waals surface area (Å²) in [6, 6.07) is 3.34. The lowest BCUT2D eigenvalue weighted by Gasteiger charge is -2.14. The average Bonchev–Trinajstić information content (AvgIpc) is 2.92. The minimum Gasteiger partial charge on any atom is -0.349 e. The van der Waals surface area contributed by atoms with E-state index < -0.39 is 0 Å². The van der Waals surface area contributed by atoms with Crippen molar-refractivity contribution in [1.82, 2.24) is 15.2 Å². The lowest BCUT2D eigenvalue weighted by Crippen LogP contribution is -2.33. The van der Waals surface area contributed by atoms with E-state index in [-0.39, 0.29) is 5.91 Å². The Labute approximate surface area is 107 Å². The van der Waals surface area contributed by atoms with Crippen LogP contribution in [0, 0.1) is 0 Å². The molecule has 0 bridgehead atoms. The third-order valence-electron chi connectivity index (χ3n) is 3.07. The molecule has 1 aliphatic heterocycles. The fourth-order valence-corrected chi connectivity index (χ4v) is 2.07. The molecule has 0 aromatic carbocycles. The van der Waals surface area contributed by atoms with Crippen molar-refractivity contribution < 1.29 is 4.79 Å². The Morgan fingerprint density at radius 1 is 1.44 bits per heavy atom. The van der Waals surface area contributed by atoms with E-state index >= 15 is 0 Å². The molecule has 18 heavy (non-hydrogen) atoms. The standard InChI is InChI=1S/C12H19N5O/c13-16-10-3-4-14-11(9-10)12(18)15-5-8-17-6-1-2-7-17/h3-4,9H,1-2,5-8,13H2,(H,14,16)(H,15,18). The van der Waals surface area contributed by atoms with Crippen LogP contribution in [0.5, 0.6) is 0 Å². The quantitative estimate of drug-likeness (QED) is 0.512. The van der Waals surface area contributed by atoms with Gasteiger partial charge in [-0.1, -0.05) is 0 Å². The SMILES string of the molecule is NNc1ccnc(C(=O)NCCN2CCCC2)c1. The Kier molecular flexibility index (Phi) is 4.49. The average molecular weight is 249 g/mol. The number of anilines is 1. The zero-order valence-corrected chi connectivity index (χ0v) is 10.4. The summed E-state index contributed by atoms with van der Waals surface area (Å²) in [6.45, 7) is 3.84. The second-order valence-electron chi connectivity index (χ2n) is 4.38. The van der Waals surface area contributed by atoms with Gasteiger partial charge < -0.3 is 15.6 Å². The van der Waals surface area contributed by atoms with Crippen LogP contribution >= 0.6 is 0 Å². The van der Waals surface area contributed by atoms with Gasteiger partial charge in [-0.3, -0.25) is 15.6 Å². The molecule has 1 saturated heterocycles. The number of amides is 1. The van der Waals surface area contributed by atoms with Crippen molar-refractivity contribution in [2.24, 2.45) is 5.84 Å². The molecule has 1 aliphatic rings. The molecule has 1 aromatic rings. The van der Waals surface area contributed by atoms with Crippen LogP contribution in [0.4, 0.5) is 5.69 Å². The molecule has 2 rings (SSSR count). The van der Waals surface area contributed by atoms with Crippen molar-refractivity contribution >= 4 is 11.6 Å². The lowest BCUT2D eigenvalue weighted by atomic mass is 10.3. The molecule has 0 atom stereocenters. The number of hydrogen-bond donors (Lipinski definition) is 3. The van der Waals surface area contributed by atoms with E-state index in [1.165, 1.54) is 12.8 Å². The van der Waals surface area contributed by atoms with E-state index in [4.69, 9.17) is 5.84 Å². The molecule has 0 unspecified atom stereocenters.